The van der Waals surface area contributed by atoms with Crippen molar-refractivity contribution in [2.24, 2.45) is 35.2 Å². The minimum absolute atomic E-state index is 0.0367. The molecule has 0 aliphatic heterocycles. The van der Waals surface area contributed by atoms with Crippen LogP contribution in [0, 0.1) is 0 Å². The van der Waals surface area contributed by atoms with Gasteiger partial charge in [0.05, 0.1) is 17.1 Å². The summed E-state index contributed by atoms with van der Waals surface area (Å²) in [6.45, 7) is 1.24. The van der Waals surface area contributed by atoms with Crippen LogP contribution in [-0.2, 0) is 49.6 Å². The van der Waals surface area contributed by atoms with E-state index in [-0.39, 0.29) is 72.2 Å². The predicted octanol–water partition coefficient (Wildman–Crippen LogP) is 6.49. The summed E-state index contributed by atoms with van der Waals surface area (Å²) >= 11 is 0. The van der Waals surface area contributed by atoms with Crippen molar-refractivity contribution >= 4 is 94.4 Å². The van der Waals surface area contributed by atoms with Gasteiger partial charge < -0.3 is 59.6 Å². The Morgan fingerprint density at radius 3 is 1.64 bits per heavy atom. The van der Waals surface area contributed by atoms with E-state index in [2.05, 4.69) is 126 Å². The Morgan fingerprint density at radius 1 is 0.544 bits per heavy atom. The average molecular weight is 1250 g/mol. The second-order valence-corrected chi connectivity index (χ2v) is 27.1. The number of hydrogen-bond acceptors (Lipinski definition) is 11. The molecule has 0 radical (unpaired) electrons. The fourth-order valence-corrected chi connectivity index (χ4v) is 16.8. The SMILES string of the molecule is CN(C)CCCNC(=O)NC(=O)c1cc(NC(=O)c2cc(NC(=O)CCNC(=O)c3nc(NC(=O)c4cc(NC(=O)c5cc(NC(=O)CCNC(=O)CCCC[PH](C6=CCCC=C6)(c6ccccc6)C6C=CC=CC6)cn5C)cn4C)cn3C)cn2C)cn1C. The molecule has 2 aliphatic rings. The molecule has 2 aliphatic carbocycles. The number of benzene rings is 1. The molecule has 90 heavy (non-hydrogen) atoms. The summed E-state index contributed by atoms with van der Waals surface area (Å²) in [6.07, 6.45) is 30.5. The molecular weight excluding hydrogens is 1170 g/mol. The normalized spacial score (nSPS) is 13.7. The molecule has 1 atom stereocenters. The molecule has 1 unspecified atom stereocenters. The van der Waals surface area contributed by atoms with Gasteiger partial charge in [-0.2, -0.15) is 0 Å². The van der Waals surface area contributed by atoms with E-state index in [4.69, 9.17) is 0 Å². The van der Waals surface area contributed by atoms with Crippen molar-refractivity contribution in [3.05, 3.63) is 162 Å². The Balaban J connectivity index is 0.737. The van der Waals surface area contributed by atoms with Gasteiger partial charge in [0.2, 0.25) is 11.7 Å². The number of aryl methyl sites for hydroxylation is 5. The number of nitrogens with zero attached hydrogens (tertiary/aromatic N) is 7. The van der Waals surface area contributed by atoms with Gasteiger partial charge in [0, 0.05) is 79.5 Å². The first-order valence-corrected chi connectivity index (χ1v) is 32.2. The van der Waals surface area contributed by atoms with Gasteiger partial charge in [-0.15, -0.1) is 0 Å². The molecule has 5 heterocycles. The number of anilines is 5. The van der Waals surface area contributed by atoms with E-state index in [1.165, 1.54) is 65.5 Å². The summed E-state index contributed by atoms with van der Waals surface area (Å²) < 4.78 is 7.46. The van der Waals surface area contributed by atoms with Gasteiger partial charge in [0.25, 0.3) is 29.5 Å². The predicted molar refractivity (Wildman–Crippen MR) is 351 cm³/mol. The molecule has 0 saturated carbocycles. The zero-order valence-electron chi connectivity index (χ0n) is 51.9. The zero-order chi connectivity index (χ0) is 64.5. The van der Waals surface area contributed by atoms with Crippen LogP contribution < -0.4 is 53.2 Å². The topological polar surface area (TPSA) is 303 Å². The molecule has 6 aromatic rings. The molecule has 0 spiro atoms. The molecule has 476 valence electrons. The number of imidazole rings is 1. The van der Waals surface area contributed by atoms with Crippen LogP contribution in [0.4, 0.5) is 33.4 Å². The monoisotopic (exact) mass is 1250 g/mol. The standard InChI is InChI=1S/C64H81N16O9P/c1-75(2)32-19-29-67-64(89)74-62(87)53-37-46(41-79(53)6)71-60(85)51-35-44(39-77(51)4)69-57(83)28-31-66-63(88)58-72-54(42-80(58)7)73-61(86)52-36-45(40-78(52)5)70-59(84)50-34-43(38-76(50)3)68-56(82)27-30-65-55(81)26-17-18-33-90(47-20-11-8-12-21-47,48-22-13-9-14-23-48)49-24-15-10-16-25-49/h8-9,11-15,20-22,24-25,34-42,48,90H,10,16-19,23,26-33H2,1-7H3,(H,65,81)(H,66,88)(H,68,82)(H,69,83)(H,70,84)(H,71,85)(H,73,86)(H2,67,74,87,89). The summed E-state index contributed by atoms with van der Waals surface area (Å²) in [6, 6.07) is 16.2. The number of hydrogen-bond donors (Lipinski definition) is 9. The number of amides is 10. The fraction of sp³-hybridized carbons (Fsp3) is 0.344. The number of nitrogens with one attached hydrogen (secondary N) is 9. The first-order chi connectivity index (χ1) is 43.2. The van der Waals surface area contributed by atoms with Crippen molar-refractivity contribution in [3.63, 3.8) is 0 Å². The van der Waals surface area contributed by atoms with E-state index in [0.29, 0.717) is 47.8 Å². The first kappa shape index (κ1) is 66.1. The molecule has 0 saturated heterocycles. The van der Waals surface area contributed by atoms with Crippen LogP contribution in [0.15, 0.2) is 133 Å². The molecule has 0 bridgehead atoms. The maximum absolute atomic E-state index is 13.5. The fourth-order valence-electron chi connectivity index (χ4n) is 11.2. The Hall–Kier alpha value is -9.87. The maximum atomic E-state index is 13.5. The Labute approximate surface area is 523 Å². The summed E-state index contributed by atoms with van der Waals surface area (Å²) in [5.41, 5.74) is 2.47. The van der Waals surface area contributed by atoms with Crippen molar-refractivity contribution in [1.29, 1.82) is 0 Å². The Morgan fingerprint density at radius 2 is 1.10 bits per heavy atom. The number of rotatable bonds is 28. The van der Waals surface area contributed by atoms with Crippen molar-refractivity contribution in [2.75, 3.05) is 73.0 Å². The molecule has 8 rings (SSSR count). The van der Waals surface area contributed by atoms with Gasteiger partial charge in [-0.3, -0.25) is 34.1 Å². The summed E-state index contributed by atoms with van der Waals surface area (Å²) in [7, 11) is 9.69. The second-order valence-electron chi connectivity index (χ2n) is 22.7. The van der Waals surface area contributed by atoms with Crippen LogP contribution in [0.3, 0.4) is 0 Å². The number of allylic oxidation sites excluding steroid dienone is 8. The number of unbranched alkanes of at least 4 members (excludes halogenated alkanes) is 1. The van der Waals surface area contributed by atoms with Crippen molar-refractivity contribution < 1.29 is 43.2 Å². The van der Waals surface area contributed by atoms with Crippen LogP contribution in [0.5, 0.6) is 0 Å². The average Bonchev–Trinajstić information content (AvgIpc) is 1.23. The van der Waals surface area contributed by atoms with Crippen molar-refractivity contribution in [1.82, 2.24) is 54.0 Å². The molecule has 5 aromatic heterocycles. The number of aromatic nitrogens is 6. The van der Waals surface area contributed by atoms with E-state index in [9.17, 15) is 43.2 Å². The zero-order valence-corrected chi connectivity index (χ0v) is 52.9. The number of urea groups is 1. The molecular formula is C64H81N16O9P. The van der Waals surface area contributed by atoms with Crippen LogP contribution in [0.2, 0.25) is 0 Å². The Kier molecular flexibility index (Phi) is 22.7. The Bertz CT molecular complexity index is 3770. The van der Waals surface area contributed by atoms with E-state index in [1.54, 1.807) is 58.4 Å². The van der Waals surface area contributed by atoms with Gasteiger partial charge >= 0.3 is 210 Å². The second kappa shape index (κ2) is 30.8. The molecule has 1 aromatic carbocycles. The van der Waals surface area contributed by atoms with E-state index in [1.807, 2.05) is 19.0 Å². The minimum atomic E-state index is -2.22. The molecule has 9 N–H and O–H groups in total. The number of imide groups is 1. The van der Waals surface area contributed by atoms with Gasteiger partial charge in [-0.1, -0.05) is 0 Å². The van der Waals surface area contributed by atoms with Crippen molar-refractivity contribution in [3.8, 4) is 0 Å². The van der Waals surface area contributed by atoms with E-state index in [0.717, 1.165) is 44.8 Å². The quantitative estimate of drug-likeness (QED) is 0.0189. The third kappa shape index (κ3) is 17.5. The third-order valence-electron chi connectivity index (χ3n) is 15.6. The van der Waals surface area contributed by atoms with Crippen LogP contribution >= 0.6 is 7.26 Å². The molecule has 0 fully saturated rings. The van der Waals surface area contributed by atoms with E-state index >= 15 is 0 Å². The third-order valence-corrected chi connectivity index (χ3v) is 21.2. The van der Waals surface area contributed by atoms with Crippen molar-refractivity contribution in [2.45, 2.75) is 63.4 Å². The van der Waals surface area contributed by atoms with Crippen LogP contribution in [0.25, 0.3) is 0 Å². The molecule has 25 nitrogen and oxygen atoms in total. The van der Waals surface area contributed by atoms with Gasteiger partial charge in [-0.25, -0.2) is 9.78 Å². The summed E-state index contributed by atoms with van der Waals surface area (Å²) in [5.74, 6) is -3.75. The van der Waals surface area contributed by atoms with E-state index < -0.39 is 48.7 Å². The van der Waals surface area contributed by atoms with Crippen LogP contribution in [0.1, 0.15) is 110 Å². The number of carbonyl (C=O) groups is 9. The summed E-state index contributed by atoms with van der Waals surface area (Å²) in [5, 5.41) is 27.1. The van der Waals surface area contributed by atoms with Gasteiger partial charge in [0.1, 0.15) is 22.8 Å². The first-order valence-electron chi connectivity index (χ1n) is 29.9. The number of carbonyl (C=O) groups excluding carboxylic acids is 9. The van der Waals surface area contributed by atoms with Gasteiger partial charge in [-0.05, 0) is 45.3 Å². The minimum Gasteiger partial charge on any atom is -0.344 e. The molecule has 26 heteroatoms. The van der Waals surface area contributed by atoms with Gasteiger partial charge in [0.15, 0.2) is 5.82 Å². The molecule has 10 amide bonds. The van der Waals surface area contributed by atoms with Crippen LogP contribution in [-0.4, -0.2) is 138 Å². The summed E-state index contributed by atoms with van der Waals surface area (Å²) in [4.78, 5) is 124. The smallest absolute Gasteiger partial charge is 0.344 e.